The Balaban J connectivity index is 0.00000144. The van der Waals surface area contributed by atoms with Crippen molar-refractivity contribution in [2.75, 3.05) is 12.3 Å². The van der Waals surface area contributed by atoms with Crippen LogP contribution < -0.4 is 5.73 Å². The Morgan fingerprint density at radius 3 is 2.75 bits per heavy atom. The number of amides is 1. The van der Waals surface area contributed by atoms with Crippen molar-refractivity contribution in [2.45, 2.75) is 31.7 Å². The molecular weight excluding hydrogens is 347 g/mol. The van der Waals surface area contributed by atoms with Gasteiger partial charge in [0.15, 0.2) is 0 Å². The number of carbonyl (C=O) groups is 1. The average molecular weight is 371 g/mol. The minimum Gasteiger partial charge on any atom is -0.399 e. The molecule has 1 aromatic carbocycles. The highest BCUT2D eigenvalue weighted by molar-refractivity contribution is 5.85. The number of aromatic nitrogens is 2. The van der Waals surface area contributed by atoms with Gasteiger partial charge < -0.3 is 10.6 Å². The lowest BCUT2D eigenvalue weighted by molar-refractivity contribution is -0.132. The molecule has 132 valence electrons. The lowest BCUT2D eigenvalue weighted by Gasteiger charge is -2.24. The van der Waals surface area contributed by atoms with Crippen molar-refractivity contribution in [3.05, 3.63) is 47.8 Å². The molecule has 24 heavy (non-hydrogen) atoms. The van der Waals surface area contributed by atoms with Crippen LogP contribution in [0.25, 0.3) is 0 Å². The number of hydrogen-bond donors (Lipinski definition) is 1. The minimum absolute atomic E-state index is 0. The Hall–Kier alpha value is -1.72. The van der Waals surface area contributed by atoms with Crippen molar-refractivity contribution >= 4 is 36.4 Å². The molecule has 0 spiro atoms. The van der Waals surface area contributed by atoms with Crippen LogP contribution in [0.1, 0.15) is 36.4 Å². The number of benzene rings is 1. The van der Waals surface area contributed by atoms with Crippen LogP contribution in [0.3, 0.4) is 0 Å². The Morgan fingerprint density at radius 2 is 2.08 bits per heavy atom. The summed E-state index contributed by atoms with van der Waals surface area (Å²) in [5.74, 6) is 0.203. The van der Waals surface area contributed by atoms with E-state index in [9.17, 15) is 4.79 Å². The first kappa shape index (κ1) is 20.3. The molecule has 0 aliphatic carbocycles. The largest absolute Gasteiger partial charge is 0.399 e. The Kier molecular flexibility index (Phi) is 7.58. The predicted octanol–water partition coefficient (Wildman–Crippen LogP) is 3.14. The number of hydrogen-bond acceptors (Lipinski definition) is 3. The molecule has 0 radical (unpaired) electrons. The van der Waals surface area contributed by atoms with Gasteiger partial charge in [0, 0.05) is 37.5 Å². The van der Waals surface area contributed by atoms with Gasteiger partial charge in [-0.3, -0.25) is 9.48 Å². The summed E-state index contributed by atoms with van der Waals surface area (Å²) < 4.78 is 1.79. The van der Waals surface area contributed by atoms with Crippen molar-refractivity contribution in [3.63, 3.8) is 0 Å². The van der Waals surface area contributed by atoms with Crippen molar-refractivity contribution in [1.82, 2.24) is 14.7 Å². The molecule has 2 N–H and O–H groups in total. The molecule has 1 atom stereocenters. The predicted molar refractivity (Wildman–Crippen MR) is 101 cm³/mol. The standard InChI is InChI=1S/C17H22N4O.2ClH/c1-20-12-14(11-19-20)16-7-4-10-21(16)17(22)9-8-13-5-2-3-6-15(13)18;;/h2-3,5-6,11-12,16H,4,7-10,18H2,1H3;2*1H. The summed E-state index contributed by atoms with van der Waals surface area (Å²) in [6, 6.07) is 7.93. The molecular formula is C17H24Cl2N4O. The smallest absolute Gasteiger partial charge is 0.223 e. The van der Waals surface area contributed by atoms with E-state index >= 15 is 0 Å². The lowest BCUT2D eigenvalue weighted by atomic mass is 10.1. The van der Waals surface area contributed by atoms with Crippen molar-refractivity contribution < 1.29 is 4.79 Å². The van der Waals surface area contributed by atoms with E-state index in [2.05, 4.69) is 5.10 Å². The van der Waals surface area contributed by atoms with E-state index in [1.54, 1.807) is 4.68 Å². The van der Waals surface area contributed by atoms with Gasteiger partial charge in [-0.25, -0.2) is 0 Å². The zero-order chi connectivity index (χ0) is 15.5. The number of para-hydroxylation sites is 1. The summed E-state index contributed by atoms with van der Waals surface area (Å²) in [6.45, 7) is 0.836. The van der Waals surface area contributed by atoms with Crippen molar-refractivity contribution in [3.8, 4) is 0 Å². The fraction of sp³-hybridized carbons (Fsp3) is 0.412. The Bertz CT molecular complexity index is 674. The molecule has 1 unspecified atom stereocenters. The summed E-state index contributed by atoms with van der Waals surface area (Å²) in [5, 5.41) is 4.22. The van der Waals surface area contributed by atoms with Gasteiger partial charge >= 0.3 is 0 Å². The van der Waals surface area contributed by atoms with E-state index in [0.717, 1.165) is 36.2 Å². The summed E-state index contributed by atoms with van der Waals surface area (Å²) in [7, 11) is 1.91. The molecule has 5 nitrogen and oxygen atoms in total. The molecule has 1 amide bonds. The molecule has 0 bridgehead atoms. The van der Waals surface area contributed by atoms with Crippen LogP contribution in [0.2, 0.25) is 0 Å². The Labute approximate surface area is 155 Å². The summed E-state index contributed by atoms with van der Waals surface area (Å²) in [5.41, 5.74) is 8.89. The highest BCUT2D eigenvalue weighted by Gasteiger charge is 2.30. The number of nitrogen functional groups attached to an aromatic ring is 1. The molecule has 1 fully saturated rings. The summed E-state index contributed by atoms with van der Waals surface area (Å²) in [4.78, 5) is 14.6. The number of nitrogens with zero attached hydrogens (tertiary/aromatic N) is 3. The topological polar surface area (TPSA) is 64.2 Å². The van der Waals surface area contributed by atoms with Crippen molar-refractivity contribution in [2.24, 2.45) is 7.05 Å². The zero-order valence-electron chi connectivity index (χ0n) is 13.7. The minimum atomic E-state index is 0. The fourth-order valence-corrected chi connectivity index (χ4v) is 3.17. The third-order valence-electron chi connectivity index (χ3n) is 4.35. The van der Waals surface area contributed by atoms with Crippen LogP contribution in [-0.2, 0) is 18.3 Å². The van der Waals surface area contributed by atoms with Gasteiger partial charge in [-0.2, -0.15) is 5.10 Å². The number of anilines is 1. The van der Waals surface area contributed by atoms with Crippen LogP contribution >= 0.6 is 24.8 Å². The van der Waals surface area contributed by atoms with Gasteiger partial charge in [0.1, 0.15) is 0 Å². The maximum atomic E-state index is 12.6. The number of likely N-dealkylation sites (tertiary alicyclic amines) is 1. The second kappa shape index (κ2) is 8.94. The second-order valence-electron chi connectivity index (χ2n) is 5.89. The fourth-order valence-electron chi connectivity index (χ4n) is 3.17. The number of nitrogens with two attached hydrogens (primary N) is 1. The quantitative estimate of drug-likeness (QED) is 0.840. The van der Waals surface area contributed by atoms with Gasteiger partial charge in [-0.15, -0.1) is 24.8 Å². The van der Waals surface area contributed by atoms with Crippen LogP contribution in [0.4, 0.5) is 5.69 Å². The number of carbonyl (C=O) groups excluding carboxylic acids is 1. The van der Waals surface area contributed by atoms with Gasteiger partial charge in [0.2, 0.25) is 5.91 Å². The molecule has 3 rings (SSSR count). The van der Waals surface area contributed by atoms with E-state index in [-0.39, 0.29) is 36.8 Å². The van der Waals surface area contributed by atoms with Gasteiger partial charge in [0.25, 0.3) is 0 Å². The SMILES string of the molecule is Cl.Cl.Cn1cc(C2CCCN2C(=O)CCc2ccccc2N)cn1. The molecule has 1 aromatic heterocycles. The molecule has 1 aliphatic rings. The van der Waals surface area contributed by atoms with Crippen LogP contribution in [-0.4, -0.2) is 27.1 Å². The second-order valence-corrected chi connectivity index (χ2v) is 5.89. The average Bonchev–Trinajstić information content (AvgIpc) is 3.14. The monoisotopic (exact) mass is 370 g/mol. The number of rotatable bonds is 4. The number of aryl methyl sites for hydroxylation is 2. The van der Waals surface area contributed by atoms with E-state index in [1.807, 2.05) is 48.6 Å². The molecule has 1 aliphatic heterocycles. The first-order valence-electron chi connectivity index (χ1n) is 7.76. The van der Waals surface area contributed by atoms with Crippen LogP contribution in [0.15, 0.2) is 36.7 Å². The van der Waals surface area contributed by atoms with Gasteiger partial charge in [-0.05, 0) is 30.9 Å². The van der Waals surface area contributed by atoms with E-state index < -0.39 is 0 Å². The normalized spacial score (nSPS) is 16.4. The number of halogens is 2. The highest BCUT2D eigenvalue weighted by atomic mass is 35.5. The van der Waals surface area contributed by atoms with Crippen LogP contribution in [0.5, 0.6) is 0 Å². The van der Waals surface area contributed by atoms with Gasteiger partial charge in [-0.1, -0.05) is 18.2 Å². The summed E-state index contributed by atoms with van der Waals surface area (Å²) >= 11 is 0. The molecule has 7 heteroatoms. The third-order valence-corrected chi connectivity index (χ3v) is 4.35. The first-order chi connectivity index (χ1) is 10.6. The van der Waals surface area contributed by atoms with Crippen LogP contribution in [0, 0.1) is 0 Å². The Morgan fingerprint density at radius 1 is 1.33 bits per heavy atom. The molecule has 2 aromatic rings. The van der Waals surface area contributed by atoms with E-state index in [1.165, 1.54) is 0 Å². The molecule has 0 saturated carbocycles. The summed E-state index contributed by atoms with van der Waals surface area (Å²) in [6.07, 6.45) is 7.15. The highest BCUT2D eigenvalue weighted by Crippen LogP contribution is 2.32. The third kappa shape index (κ3) is 4.42. The van der Waals surface area contributed by atoms with Crippen molar-refractivity contribution in [1.29, 1.82) is 0 Å². The van der Waals surface area contributed by atoms with E-state index in [0.29, 0.717) is 12.8 Å². The molecule has 2 heterocycles. The molecule has 1 saturated heterocycles. The van der Waals surface area contributed by atoms with E-state index in [4.69, 9.17) is 5.73 Å². The van der Waals surface area contributed by atoms with Gasteiger partial charge in [0.05, 0.1) is 12.2 Å². The maximum absolute atomic E-state index is 12.6. The lowest BCUT2D eigenvalue weighted by Crippen LogP contribution is -2.30. The first-order valence-corrected chi connectivity index (χ1v) is 7.76. The maximum Gasteiger partial charge on any atom is 0.223 e. The zero-order valence-corrected chi connectivity index (χ0v) is 15.4.